The minimum absolute atomic E-state index is 0.244. The molecule has 0 unspecified atom stereocenters. The monoisotopic (exact) mass is 404 g/mol. The largest absolute Gasteiger partial charge is 0.416 e. The van der Waals surface area contributed by atoms with Crippen LogP contribution in [-0.4, -0.2) is 46.1 Å². The Balaban J connectivity index is 1.54. The van der Waals surface area contributed by atoms with Crippen LogP contribution in [0.25, 0.3) is 5.69 Å². The van der Waals surface area contributed by atoms with Crippen molar-refractivity contribution in [2.24, 2.45) is 0 Å². The van der Waals surface area contributed by atoms with Gasteiger partial charge in [0, 0.05) is 13.1 Å². The molecule has 1 aliphatic heterocycles. The number of rotatable bonds is 4. The number of morpholine rings is 1. The number of alkyl halides is 3. The van der Waals surface area contributed by atoms with E-state index in [1.165, 1.54) is 23.1 Å². The minimum Gasteiger partial charge on any atom is -0.378 e. The second kappa shape index (κ2) is 7.70. The van der Waals surface area contributed by atoms with Gasteiger partial charge in [0.25, 0.3) is 0 Å². The van der Waals surface area contributed by atoms with Crippen molar-refractivity contribution < 1.29 is 17.9 Å². The van der Waals surface area contributed by atoms with Crippen LogP contribution in [0.1, 0.15) is 11.1 Å². The van der Waals surface area contributed by atoms with Gasteiger partial charge in [-0.2, -0.15) is 18.2 Å². The summed E-state index contributed by atoms with van der Waals surface area (Å²) in [4.78, 5) is 10.9. The van der Waals surface area contributed by atoms with Crippen LogP contribution >= 0.6 is 0 Å². The van der Waals surface area contributed by atoms with E-state index < -0.39 is 11.7 Å². The van der Waals surface area contributed by atoms with Crippen molar-refractivity contribution in [3.63, 3.8) is 0 Å². The fourth-order valence-electron chi connectivity index (χ4n) is 3.05. The van der Waals surface area contributed by atoms with Gasteiger partial charge < -0.3 is 15.0 Å². The molecule has 0 aliphatic carbocycles. The molecule has 152 valence electrons. The van der Waals surface area contributed by atoms with Crippen LogP contribution < -0.4 is 10.2 Å². The maximum atomic E-state index is 12.9. The Morgan fingerprint density at radius 2 is 1.90 bits per heavy atom. The molecule has 0 saturated carbocycles. The molecule has 7 nitrogen and oxygen atoms in total. The summed E-state index contributed by atoms with van der Waals surface area (Å²) in [5.74, 6) is 1.63. The normalized spacial score (nSPS) is 14.8. The third-order valence-corrected chi connectivity index (χ3v) is 4.46. The second-order valence-corrected chi connectivity index (χ2v) is 6.67. The van der Waals surface area contributed by atoms with E-state index in [1.54, 1.807) is 0 Å². The van der Waals surface area contributed by atoms with Gasteiger partial charge in [0.2, 0.25) is 5.95 Å². The number of aryl methyl sites for hydroxylation is 1. The highest BCUT2D eigenvalue weighted by Gasteiger charge is 2.30. The van der Waals surface area contributed by atoms with Crippen molar-refractivity contribution in [3.05, 3.63) is 53.9 Å². The van der Waals surface area contributed by atoms with E-state index in [4.69, 9.17) is 4.74 Å². The summed E-state index contributed by atoms with van der Waals surface area (Å²) < 4.78 is 45.4. The Hall–Kier alpha value is -3.14. The average molecular weight is 404 g/mol. The third kappa shape index (κ3) is 4.48. The number of halogens is 3. The number of nitrogens with one attached hydrogen (secondary N) is 1. The van der Waals surface area contributed by atoms with Crippen molar-refractivity contribution in [1.29, 1.82) is 0 Å². The van der Waals surface area contributed by atoms with Crippen LogP contribution in [0.3, 0.4) is 0 Å². The topological polar surface area (TPSA) is 68.1 Å². The van der Waals surface area contributed by atoms with Crippen LogP contribution in [0.15, 0.2) is 42.7 Å². The van der Waals surface area contributed by atoms with Crippen LogP contribution in [0.5, 0.6) is 0 Å². The van der Waals surface area contributed by atoms with Gasteiger partial charge in [0.1, 0.15) is 18.0 Å². The summed E-state index contributed by atoms with van der Waals surface area (Å²) in [6.07, 6.45) is -3.06. The lowest BCUT2D eigenvalue weighted by molar-refractivity contribution is -0.137. The average Bonchev–Trinajstić information content (AvgIpc) is 3.16. The number of benzene rings is 1. The fraction of sp³-hybridized carbons (Fsp3) is 0.316. The number of ether oxygens (including phenoxy) is 1. The van der Waals surface area contributed by atoms with Crippen LogP contribution in [0, 0.1) is 6.92 Å². The maximum Gasteiger partial charge on any atom is 0.416 e. The molecule has 0 amide bonds. The van der Waals surface area contributed by atoms with E-state index in [0.29, 0.717) is 19.0 Å². The zero-order valence-corrected chi connectivity index (χ0v) is 15.6. The lowest BCUT2D eigenvalue weighted by atomic mass is 10.2. The molecule has 1 saturated heterocycles. The van der Waals surface area contributed by atoms with Gasteiger partial charge in [-0.05, 0) is 42.8 Å². The Bertz CT molecular complexity index is 998. The molecular weight excluding hydrogens is 385 g/mol. The van der Waals surface area contributed by atoms with E-state index in [0.717, 1.165) is 36.6 Å². The maximum absolute atomic E-state index is 12.9. The molecule has 29 heavy (non-hydrogen) atoms. The highest BCUT2D eigenvalue weighted by atomic mass is 19.4. The summed E-state index contributed by atoms with van der Waals surface area (Å²) in [5, 5.41) is 7.25. The summed E-state index contributed by atoms with van der Waals surface area (Å²) in [5.41, 5.74) is 0.545. The van der Waals surface area contributed by atoms with Gasteiger partial charge in [-0.1, -0.05) is 6.07 Å². The van der Waals surface area contributed by atoms with Crippen molar-refractivity contribution in [3.8, 4) is 5.69 Å². The molecule has 3 heterocycles. The SMILES string of the molecule is Cc1cc(Nc2ncn(-c3cccc(C(F)(F)F)c3)n2)nc(N2CCOCC2)c1. The van der Waals surface area contributed by atoms with Crippen LogP contribution in [0.2, 0.25) is 0 Å². The van der Waals surface area contributed by atoms with Gasteiger partial charge in [-0.25, -0.2) is 9.67 Å². The van der Waals surface area contributed by atoms with Gasteiger partial charge >= 0.3 is 6.18 Å². The Kier molecular flexibility index (Phi) is 5.10. The number of hydrogen-bond acceptors (Lipinski definition) is 6. The predicted octanol–water partition coefficient (Wildman–Crippen LogP) is 3.57. The standard InChI is InChI=1S/C19H19F3N6O/c1-13-9-16(24-17(10-13)27-5-7-29-8-6-27)25-18-23-12-28(26-18)15-4-2-3-14(11-15)19(20,21)22/h2-4,9-12H,5-8H2,1H3,(H,24,25,26). The number of nitrogens with zero attached hydrogens (tertiary/aromatic N) is 5. The molecule has 1 aromatic carbocycles. The fourth-order valence-corrected chi connectivity index (χ4v) is 3.05. The van der Waals surface area contributed by atoms with Crippen LogP contribution in [-0.2, 0) is 10.9 Å². The molecule has 10 heteroatoms. The van der Waals surface area contributed by atoms with Gasteiger partial charge in [0.15, 0.2) is 0 Å². The third-order valence-electron chi connectivity index (χ3n) is 4.46. The van der Waals surface area contributed by atoms with E-state index in [1.807, 2.05) is 19.1 Å². The molecule has 1 aliphatic rings. The molecule has 1 fully saturated rings. The zero-order chi connectivity index (χ0) is 20.4. The molecule has 3 aromatic rings. The van der Waals surface area contributed by atoms with E-state index in [-0.39, 0.29) is 11.6 Å². The first-order chi connectivity index (χ1) is 13.9. The predicted molar refractivity (Wildman–Crippen MR) is 102 cm³/mol. The second-order valence-electron chi connectivity index (χ2n) is 6.67. The van der Waals surface area contributed by atoms with Crippen molar-refractivity contribution >= 4 is 17.6 Å². The van der Waals surface area contributed by atoms with Gasteiger partial charge in [-0.15, -0.1) is 5.10 Å². The quantitative estimate of drug-likeness (QED) is 0.717. The number of anilines is 3. The lowest BCUT2D eigenvalue weighted by Crippen LogP contribution is -2.36. The van der Waals surface area contributed by atoms with Crippen LogP contribution in [0.4, 0.5) is 30.8 Å². The molecule has 0 spiro atoms. The molecule has 0 atom stereocenters. The smallest absolute Gasteiger partial charge is 0.378 e. The number of aromatic nitrogens is 4. The highest BCUT2D eigenvalue weighted by Crippen LogP contribution is 2.30. The molecule has 2 aromatic heterocycles. The van der Waals surface area contributed by atoms with E-state index in [9.17, 15) is 13.2 Å². The number of hydrogen-bond donors (Lipinski definition) is 1. The first kappa shape index (κ1) is 19.2. The molecule has 0 bridgehead atoms. The Morgan fingerprint density at radius 1 is 1.10 bits per heavy atom. The van der Waals surface area contributed by atoms with Crippen molar-refractivity contribution in [2.45, 2.75) is 13.1 Å². The molecule has 1 N–H and O–H groups in total. The van der Waals surface area contributed by atoms with Crippen molar-refractivity contribution in [1.82, 2.24) is 19.7 Å². The summed E-state index contributed by atoms with van der Waals surface area (Å²) in [6.45, 7) is 4.80. The Labute approximate surface area is 165 Å². The highest BCUT2D eigenvalue weighted by molar-refractivity contribution is 5.55. The zero-order valence-electron chi connectivity index (χ0n) is 15.6. The first-order valence-corrected chi connectivity index (χ1v) is 9.06. The van der Waals surface area contributed by atoms with E-state index in [2.05, 4.69) is 25.3 Å². The number of pyridine rings is 1. The van der Waals surface area contributed by atoms with E-state index >= 15 is 0 Å². The molecular formula is C19H19F3N6O. The van der Waals surface area contributed by atoms with Crippen molar-refractivity contribution in [2.75, 3.05) is 36.5 Å². The molecule has 4 rings (SSSR count). The summed E-state index contributed by atoms with van der Waals surface area (Å²) in [7, 11) is 0. The van der Waals surface area contributed by atoms with Gasteiger partial charge in [-0.3, -0.25) is 0 Å². The Morgan fingerprint density at radius 3 is 2.66 bits per heavy atom. The van der Waals surface area contributed by atoms with Gasteiger partial charge in [0.05, 0.1) is 24.5 Å². The molecule has 0 radical (unpaired) electrons. The first-order valence-electron chi connectivity index (χ1n) is 9.06. The lowest BCUT2D eigenvalue weighted by Gasteiger charge is -2.28. The summed E-state index contributed by atoms with van der Waals surface area (Å²) in [6, 6.07) is 8.77. The summed E-state index contributed by atoms with van der Waals surface area (Å²) >= 11 is 0. The minimum atomic E-state index is -4.42.